The minimum absolute atomic E-state index is 0.0827. The lowest BCUT2D eigenvalue weighted by atomic mass is 9.99. The number of urea groups is 1. The van der Waals surface area contributed by atoms with Gasteiger partial charge in [0.2, 0.25) is 0 Å². The van der Waals surface area contributed by atoms with Gasteiger partial charge in [0.1, 0.15) is 0 Å². The van der Waals surface area contributed by atoms with Crippen LogP contribution in [0.2, 0.25) is 0 Å². The topological polar surface area (TPSA) is 96.2 Å². The summed E-state index contributed by atoms with van der Waals surface area (Å²) in [6.07, 6.45) is -2.63. The third-order valence-electron chi connectivity index (χ3n) is 3.08. The molecule has 0 aliphatic carbocycles. The maximum absolute atomic E-state index is 13.1. The summed E-state index contributed by atoms with van der Waals surface area (Å²) in [5.74, 6) is -1.05. The summed E-state index contributed by atoms with van der Waals surface area (Å²) in [5, 5.41) is 16.5. The van der Waals surface area contributed by atoms with E-state index in [-0.39, 0.29) is 18.4 Å². The summed E-state index contributed by atoms with van der Waals surface area (Å²) in [6.45, 7) is 3.06. The molecule has 1 rings (SSSR count). The first-order valence-electron chi connectivity index (χ1n) is 6.76. The van der Waals surface area contributed by atoms with Gasteiger partial charge in [-0.3, -0.25) is 9.48 Å². The molecule has 0 saturated heterocycles. The highest BCUT2D eigenvalue weighted by Crippen LogP contribution is 2.32. The van der Waals surface area contributed by atoms with Crippen molar-refractivity contribution in [2.24, 2.45) is 7.05 Å². The maximum atomic E-state index is 13.1. The first kappa shape index (κ1) is 18.8. The van der Waals surface area contributed by atoms with Gasteiger partial charge in [0.25, 0.3) is 0 Å². The maximum Gasteiger partial charge on any atom is 0.413 e. The number of aryl methyl sites for hydroxylation is 1. The molecule has 1 atom stereocenters. The van der Waals surface area contributed by atoms with Gasteiger partial charge < -0.3 is 15.7 Å². The van der Waals surface area contributed by atoms with E-state index in [0.29, 0.717) is 0 Å². The summed E-state index contributed by atoms with van der Waals surface area (Å²) < 4.78 is 40.5. The van der Waals surface area contributed by atoms with Gasteiger partial charge in [-0.05, 0) is 20.3 Å². The first-order valence-corrected chi connectivity index (χ1v) is 6.76. The molecule has 1 heterocycles. The average Bonchev–Trinajstić information content (AvgIpc) is 2.78. The summed E-state index contributed by atoms with van der Waals surface area (Å²) in [6, 6.07) is -3.24. The van der Waals surface area contributed by atoms with Crippen molar-refractivity contribution in [2.45, 2.75) is 44.4 Å². The summed E-state index contributed by atoms with van der Waals surface area (Å²) in [5.41, 5.74) is -1.16. The Labute approximate surface area is 130 Å². The van der Waals surface area contributed by atoms with Crippen molar-refractivity contribution in [1.82, 2.24) is 20.4 Å². The Morgan fingerprint density at radius 2 is 2.00 bits per heavy atom. The van der Waals surface area contributed by atoms with Crippen LogP contribution in [-0.4, -0.2) is 38.6 Å². The zero-order valence-electron chi connectivity index (χ0n) is 12.9. The van der Waals surface area contributed by atoms with Crippen LogP contribution in [0, 0.1) is 0 Å². The van der Waals surface area contributed by atoms with Crippen LogP contribution >= 0.6 is 0 Å². The summed E-state index contributed by atoms with van der Waals surface area (Å²) >= 11 is 0. The second kappa shape index (κ2) is 6.88. The smallest absolute Gasteiger partial charge is 0.413 e. The fourth-order valence-corrected chi connectivity index (χ4v) is 1.90. The number of amides is 2. The molecule has 0 aliphatic heterocycles. The van der Waals surface area contributed by atoms with E-state index < -0.39 is 29.8 Å². The number of carboxylic acids is 1. The van der Waals surface area contributed by atoms with Crippen molar-refractivity contribution in [3.8, 4) is 0 Å². The molecule has 1 aromatic rings. The van der Waals surface area contributed by atoms with Gasteiger partial charge in [0, 0.05) is 30.8 Å². The molecule has 7 nitrogen and oxygen atoms in total. The fraction of sp³-hybridized carbons (Fsp3) is 0.615. The monoisotopic (exact) mass is 336 g/mol. The van der Waals surface area contributed by atoms with Crippen LogP contribution in [0.4, 0.5) is 18.0 Å². The number of rotatable bonds is 6. The number of carboxylic acid groups (broad SMARTS) is 1. The zero-order chi connectivity index (χ0) is 17.8. The van der Waals surface area contributed by atoms with E-state index in [1.165, 1.54) is 25.6 Å². The van der Waals surface area contributed by atoms with Crippen molar-refractivity contribution in [1.29, 1.82) is 0 Å². The highest BCUT2D eigenvalue weighted by molar-refractivity contribution is 5.75. The lowest BCUT2D eigenvalue weighted by Crippen LogP contribution is -2.51. The molecule has 0 radical (unpaired) electrons. The normalized spacial score (nSPS) is 13.5. The van der Waals surface area contributed by atoms with Crippen molar-refractivity contribution >= 4 is 12.0 Å². The van der Waals surface area contributed by atoms with Crippen LogP contribution in [0.5, 0.6) is 0 Å². The molecule has 130 valence electrons. The van der Waals surface area contributed by atoms with Gasteiger partial charge in [0.15, 0.2) is 6.04 Å². The number of carbonyl (C=O) groups is 2. The van der Waals surface area contributed by atoms with Crippen LogP contribution in [0.1, 0.15) is 38.3 Å². The van der Waals surface area contributed by atoms with Gasteiger partial charge in [-0.15, -0.1) is 0 Å². The lowest BCUT2D eigenvalue weighted by Gasteiger charge is -2.28. The third-order valence-corrected chi connectivity index (χ3v) is 3.08. The summed E-state index contributed by atoms with van der Waals surface area (Å²) in [7, 11) is 1.46. The SMILES string of the molecule is Cn1cc(C(NC(=O)NC(C)(C)CCC(=O)O)C(F)(F)F)cn1. The molecule has 1 unspecified atom stereocenters. The number of alkyl halides is 3. The van der Waals surface area contributed by atoms with E-state index in [1.54, 1.807) is 0 Å². The molecule has 23 heavy (non-hydrogen) atoms. The molecule has 0 fully saturated rings. The number of hydrogen-bond acceptors (Lipinski definition) is 3. The van der Waals surface area contributed by atoms with Gasteiger partial charge in [-0.2, -0.15) is 18.3 Å². The summed E-state index contributed by atoms with van der Waals surface area (Å²) in [4.78, 5) is 22.4. The highest BCUT2D eigenvalue weighted by atomic mass is 19.4. The standard InChI is InChI=1S/C13H19F3N4O3/c1-12(2,5-4-9(21)22)19-11(23)18-10(13(14,15)16)8-6-17-20(3)7-8/h6-7,10H,4-5H2,1-3H3,(H,21,22)(H2,18,19,23). The lowest BCUT2D eigenvalue weighted by molar-refractivity contribution is -0.155. The number of aliphatic carboxylic acids is 1. The van der Waals surface area contributed by atoms with Crippen LogP contribution in [0.3, 0.4) is 0 Å². The van der Waals surface area contributed by atoms with Crippen molar-refractivity contribution in [3.05, 3.63) is 18.0 Å². The molecule has 2 amide bonds. The molecule has 0 spiro atoms. The minimum atomic E-state index is -4.69. The Morgan fingerprint density at radius 3 is 2.43 bits per heavy atom. The predicted molar refractivity (Wildman–Crippen MR) is 74.6 cm³/mol. The Bertz CT molecular complexity index is 569. The first-order chi connectivity index (χ1) is 10.4. The second-order valence-corrected chi connectivity index (χ2v) is 5.80. The molecule has 0 aromatic carbocycles. The van der Waals surface area contributed by atoms with Crippen LogP contribution in [-0.2, 0) is 11.8 Å². The van der Waals surface area contributed by atoms with Crippen molar-refractivity contribution in [2.75, 3.05) is 0 Å². The Morgan fingerprint density at radius 1 is 1.39 bits per heavy atom. The van der Waals surface area contributed by atoms with E-state index in [9.17, 15) is 22.8 Å². The largest absolute Gasteiger partial charge is 0.481 e. The van der Waals surface area contributed by atoms with E-state index >= 15 is 0 Å². The van der Waals surface area contributed by atoms with Crippen molar-refractivity contribution in [3.63, 3.8) is 0 Å². The predicted octanol–water partition coefficient (Wildman–Crippen LogP) is 1.97. The van der Waals surface area contributed by atoms with Gasteiger partial charge in [-0.1, -0.05) is 0 Å². The zero-order valence-corrected chi connectivity index (χ0v) is 12.9. The van der Waals surface area contributed by atoms with E-state index in [4.69, 9.17) is 5.11 Å². The van der Waals surface area contributed by atoms with E-state index in [1.807, 2.05) is 5.32 Å². The molecule has 3 N–H and O–H groups in total. The molecule has 10 heteroatoms. The van der Waals surface area contributed by atoms with E-state index in [0.717, 1.165) is 12.4 Å². The molecule has 1 aromatic heterocycles. The van der Waals surface area contributed by atoms with Gasteiger partial charge in [-0.25, -0.2) is 4.79 Å². The molecular weight excluding hydrogens is 317 g/mol. The van der Waals surface area contributed by atoms with Crippen molar-refractivity contribution < 1.29 is 27.9 Å². The number of hydrogen-bond donors (Lipinski definition) is 3. The van der Waals surface area contributed by atoms with E-state index in [2.05, 4.69) is 10.4 Å². The Kier molecular flexibility index (Phi) is 5.62. The molecule has 0 saturated carbocycles. The number of nitrogens with zero attached hydrogens (tertiary/aromatic N) is 2. The van der Waals surface area contributed by atoms with Gasteiger partial charge in [0.05, 0.1) is 6.20 Å². The third kappa shape index (κ3) is 6.17. The quantitative estimate of drug-likeness (QED) is 0.740. The second-order valence-electron chi connectivity index (χ2n) is 5.80. The number of aromatic nitrogens is 2. The number of nitrogens with one attached hydrogen (secondary N) is 2. The molecule has 0 aliphatic rings. The Hall–Kier alpha value is -2.26. The fourth-order valence-electron chi connectivity index (χ4n) is 1.90. The molecule has 0 bridgehead atoms. The molecular formula is C13H19F3N4O3. The number of halogens is 3. The number of carbonyl (C=O) groups excluding carboxylic acids is 1. The van der Waals surface area contributed by atoms with Gasteiger partial charge >= 0.3 is 18.2 Å². The average molecular weight is 336 g/mol. The Balaban J connectivity index is 2.76. The van der Waals surface area contributed by atoms with Crippen LogP contribution in [0.15, 0.2) is 12.4 Å². The highest BCUT2D eigenvalue weighted by Gasteiger charge is 2.43. The van der Waals surface area contributed by atoms with Crippen LogP contribution in [0.25, 0.3) is 0 Å². The van der Waals surface area contributed by atoms with Crippen LogP contribution < -0.4 is 10.6 Å². The minimum Gasteiger partial charge on any atom is -0.481 e.